The summed E-state index contributed by atoms with van der Waals surface area (Å²) in [6.45, 7) is 4.50. The minimum Gasteiger partial charge on any atom is -0.369 e. The van der Waals surface area contributed by atoms with Gasteiger partial charge in [0.05, 0.1) is 18.3 Å². The first-order valence-corrected chi connectivity index (χ1v) is 10.9. The highest BCUT2D eigenvalue weighted by Crippen LogP contribution is 2.20. The van der Waals surface area contributed by atoms with Gasteiger partial charge in [0.25, 0.3) is 0 Å². The molecule has 0 aliphatic rings. The number of nitrogens with zero attached hydrogens (tertiary/aromatic N) is 2. The molecular formula is C26H28N6O. The molecular weight excluding hydrogens is 412 g/mol. The fraction of sp³-hybridized carbons (Fsp3) is 0.192. The summed E-state index contributed by atoms with van der Waals surface area (Å²) in [7, 11) is 0. The van der Waals surface area contributed by atoms with E-state index in [1.165, 1.54) is 5.56 Å². The van der Waals surface area contributed by atoms with Crippen LogP contribution in [-0.4, -0.2) is 20.9 Å². The molecule has 0 aliphatic carbocycles. The fourth-order valence-corrected chi connectivity index (χ4v) is 3.63. The van der Waals surface area contributed by atoms with Crippen molar-refractivity contribution in [1.82, 2.24) is 20.3 Å². The van der Waals surface area contributed by atoms with Gasteiger partial charge in [0.15, 0.2) is 5.95 Å². The molecule has 1 unspecified atom stereocenters. The number of hydrogen-bond acceptors (Lipinski definition) is 5. The van der Waals surface area contributed by atoms with Crippen LogP contribution in [0.3, 0.4) is 0 Å². The number of imidazole rings is 1. The summed E-state index contributed by atoms with van der Waals surface area (Å²) >= 11 is 0. The lowest BCUT2D eigenvalue weighted by molar-refractivity contribution is -0.120. The molecule has 5 N–H and O–H groups in total. The van der Waals surface area contributed by atoms with E-state index in [1.807, 2.05) is 61.5 Å². The molecule has 4 rings (SSSR count). The standard InChI is InChI=1S/C26H28N6O/c1-17(20-6-4-3-5-7-20)30-24-13-12-22(18(2)31-24)14-25(33)28-15-19-8-10-21(11-9-19)23-16-29-26(27)32-23/h3-13,16-17H,14-15H2,1-2H3,(H,28,33)(H,30,31)(H3,27,29,32). The highest BCUT2D eigenvalue weighted by atomic mass is 16.1. The fourth-order valence-electron chi connectivity index (χ4n) is 3.63. The van der Waals surface area contributed by atoms with Gasteiger partial charge in [-0.25, -0.2) is 9.97 Å². The second kappa shape index (κ2) is 9.99. The zero-order chi connectivity index (χ0) is 23.2. The van der Waals surface area contributed by atoms with E-state index >= 15 is 0 Å². The topological polar surface area (TPSA) is 109 Å². The van der Waals surface area contributed by atoms with E-state index in [2.05, 4.69) is 44.6 Å². The normalized spacial score (nSPS) is 11.7. The van der Waals surface area contributed by atoms with E-state index < -0.39 is 0 Å². The predicted octanol–water partition coefficient (Wildman–Crippen LogP) is 4.39. The molecule has 4 aromatic rings. The molecule has 33 heavy (non-hydrogen) atoms. The largest absolute Gasteiger partial charge is 0.369 e. The monoisotopic (exact) mass is 440 g/mol. The number of aromatic amines is 1. The number of nitrogens with two attached hydrogens (primary N) is 1. The average Bonchev–Trinajstić information content (AvgIpc) is 3.26. The number of nitrogen functional groups attached to an aromatic ring is 1. The van der Waals surface area contributed by atoms with Crippen LogP contribution in [0.2, 0.25) is 0 Å². The minimum absolute atomic E-state index is 0.0383. The van der Waals surface area contributed by atoms with Gasteiger partial charge in [0, 0.05) is 18.3 Å². The van der Waals surface area contributed by atoms with Crippen LogP contribution in [0.25, 0.3) is 11.3 Å². The molecule has 7 nitrogen and oxygen atoms in total. The lowest BCUT2D eigenvalue weighted by atomic mass is 10.1. The van der Waals surface area contributed by atoms with Crippen LogP contribution in [0.4, 0.5) is 11.8 Å². The summed E-state index contributed by atoms with van der Waals surface area (Å²) in [5.41, 5.74) is 11.5. The van der Waals surface area contributed by atoms with Gasteiger partial charge >= 0.3 is 0 Å². The first-order valence-electron chi connectivity index (χ1n) is 10.9. The maximum absolute atomic E-state index is 12.5. The van der Waals surface area contributed by atoms with Gasteiger partial charge in [-0.2, -0.15) is 0 Å². The molecule has 1 atom stereocenters. The Bertz CT molecular complexity index is 1220. The summed E-state index contributed by atoms with van der Waals surface area (Å²) in [6.07, 6.45) is 1.99. The van der Waals surface area contributed by atoms with Gasteiger partial charge in [0.1, 0.15) is 5.82 Å². The molecule has 7 heteroatoms. The Kier molecular flexibility index (Phi) is 6.69. The number of anilines is 2. The number of hydrogen-bond donors (Lipinski definition) is 4. The van der Waals surface area contributed by atoms with E-state index in [4.69, 9.17) is 5.73 Å². The summed E-state index contributed by atoms with van der Waals surface area (Å²) in [4.78, 5) is 24.2. The van der Waals surface area contributed by atoms with Crippen molar-refractivity contribution in [3.63, 3.8) is 0 Å². The van der Waals surface area contributed by atoms with Gasteiger partial charge in [0.2, 0.25) is 5.91 Å². The molecule has 2 aromatic carbocycles. The smallest absolute Gasteiger partial charge is 0.224 e. The molecule has 2 heterocycles. The zero-order valence-electron chi connectivity index (χ0n) is 18.8. The molecule has 168 valence electrons. The first-order chi connectivity index (χ1) is 16.0. The van der Waals surface area contributed by atoms with Crippen LogP contribution in [0.5, 0.6) is 0 Å². The van der Waals surface area contributed by atoms with Crippen molar-refractivity contribution in [1.29, 1.82) is 0 Å². The number of nitrogens with one attached hydrogen (secondary N) is 3. The number of H-pyrrole nitrogens is 1. The van der Waals surface area contributed by atoms with Crippen LogP contribution in [0, 0.1) is 6.92 Å². The van der Waals surface area contributed by atoms with Crippen LogP contribution in [0.15, 0.2) is 72.9 Å². The van der Waals surface area contributed by atoms with E-state index in [-0.39, 0.29) is 11.9 Å². The van der Waals surface area contributed by atoms with Crippen LogP contribution < -0.4 is 16.4 Å². The van der Waals surface area contributed by atoms with Crippen molar-refractivity contribution in [2.45, 2.75) is 32.9 Å². The minimum atomic E-state index is -0.0383. The van der Waals surface area contributed by atoms with Crippen LogP contribution >= 0.6 is 0 Å². The summed E-state index contributed by atoms with van der Waals surface area (Å²) in [6, 6.07) is 22.2. The SMILES string of the molecule is Cc1nc(NC(C)c2ccccc2)ccc1CC(=O)NCc1ccc(-c2cnc(N)[nH]2)cc1. The van der Waals surface area contributed by atoms with Gasteiger partial charge in [-0.05, 0) is 42.2 Å². The molecule has 0 fully saturated rings. The molecule has 1 amide bonds. The number of benzene rings is 2. The summed E-state index contributed by atoms with van der Waals surface area (Å²) < 4.78 is 0. The van der Waals surface area contributed by atoms with Crippen LogP contribution in [0.1, 0.15) is 35.3 Å². The van der Waals surface area contributed by atoms with Crippen molar-refractivity contribution < 1.29 is 4.79 Å². The highest BCUT2D eigenvalue weighted by molar-refractivity contribution is 5.79. The predicted molar refractivity (Wildman–Crippen MR) is 131 cm³/mol. The van der Waals surface area contributed by atoms with E-state index in [0.717, 1.165) is 33.9 Å². The molecule has 0 bridgehead atoms. The molecule has 0 saturated carbocycles. The number of rotatable bonds is 8. The lowest BCUT2D eigenvalue weighted by Crippen LogP contribution is -2.25. The van der Waals surface area contributed by atoms with Crippen molar-refractivity contribution in [3.8, 4) is 11.3 Å². The number of aromatic nitrogens is 3. The van der Waals surface area contributed by atoms with E-state index in [1.54, 1.807) is 6.20 Å². The second-order valence-electron chi connectivity index (χ2n) is 8.05. The third-order valence-corrected chi connectivity index (χ3v) is 5.56. The number of pyridine rings is 1. The Hall–Kier alpha value is -4.13. The Labute approximate surface area is 193 Å². The first kappa shape index (κ1) is 22.1. The number of aryl methyl sites for hydroxylation is 1. The molecule has 2 aromatic heterocycles. The van der Waals surface area contributed by atoms with Crippen molar-refractivity contribution in [2.24, 2.45) is 0 Å². The van der Waals surface area contributed by atoms with E-state index in [0.29, 0.717) is 18.9 Å². The maximum atomic E-state index is 12.5. The van der Waals surface area contributed by atoms with Gasteiger partial charge in [-0.15, -0.1) is 0 Å². The van der Waals surface area contributed by atoms with Crippen LogP contribution in [-0.2, 0) is 17.8 Å². The summed E-state index contributed by atoms with van der Waals surface area (Å²) in [5.74, 6) is 1.15. The third kappa shape index (κ3) is 5.77. The van der Waals surface area contributed by atoms with Gasteiger partial charge in [-0.1, -0.05) is 60.7 Å². The van der Waals surface area contributed by atoms with Gasteiger partial charge in [-0.3, -0.25) is 4.79 Å². The van der Waals surface area contributed by atoms with E-state index in [9.17, 15) is 4.79 Å². The molecule has 0 spiro atoms. The molecule has 0 saturated heterocycles. The average molecular weight is 441 g/mol. The number of carbonyl (C=O) groups excluding carboxylic acids is 1. The van der Waals surface area contributed by atoms with Crippen molar-refractivity contribution in [3.05, 3.63) is 95.3 Å². The third-order valence-electron chi connectivity index (χ3n) is 5.56. The molecule has 0 aliphatic heterocycles. The maximum Gasteiger partial charge on any atom is 0.224 e. The Balaban J connectivity index is 1.30. The highest BCUT2D eigenvalue weighted by Gasteiger charge is 2.10. The second-order valence-corrected chi connectivity index (χ2v) is 8.05. The lowest BCUT2D eigenvalue weighted by Gasteiger charge is -2.16. The zero-order valence-corrected chi connectivity index (χ0v) is 18.8. The quantitative estimate of drug-likeness (QED) is 0.325. The Morgan fingerprint density at radius 1 is 1.06 bits per heavy atom. The Morgan fingerprint density at radius 2 is 1.82 bits per heavy atom. The Morgan fingerprint density at radius 3 is 2.48 bits per heavy atom. The van der Waals surface area contributed by atoms with Crippen molar-refractivity contribution >= 4 is 17.7 Å². The molecule has 0 radical (unpaired) electrons. The van der Waals surface area contributed by atoms with Crippen molar-refractivity contribution in [2.75, 3.05) is 11.1 Å². The summed E-state index contributed by atoms with van der Waals surface area (Å²) in [5, 5.41) is 6.40. The van der Waals surface area contributed by atoms with Gasteiger partial charge < -0.3 is 21.4 Å². The number of carbonyl (C=O) groups is 1. The number of amides is 1.